The Balaban J connectivity index is 1.64. The largest absolute Gasteiger partial charge is 0.361 e. The monoisotopic (exact) mass is 547 g/mol. The second-order valence-corrected chi connectivity index (χ2v) is 12.6. The maximum Gasteiger partial charge on any atom is 0.255 e. The zero-order chi connectivity index (χ0) is 25.0. The van der Waals surface area contributed by atoms with Crippen molar-refractivity contribution in [3.05, 3.63) is 56.8 Å². The van der Waals surface area contributed by atoms with Crippen LogP contribution in [-0.2, 0) is 10.0 Å². The minimum Gasteiger partial charge on any atom is -0.361 e. The fourth-order valence-electron chi connectivity index (χ4n) is 4.65. The molecule has 0 aliphatic carbocycles. The molecule has 2 saturated heterocycles. The van der Waals surface area contributed by atoms with Gasteiger partial charge in [0, 0.05) is 30.7 Å². The molecule has 2 heterocycles. The molecule has 0 unspecified atom stereocenters. The molecule has 2 aromatic carbocycles. The van der Waals surface area contributed by atoms with Crippen molar-refractivity contribution >= 4 is 56.4 Å². The number of hydrogen-bond donors (Lipinski definition) is 1. The first-order valence-corrected chi connectivity index (χ1v) is 13.4. The Hall–Kier alpha value is -1.58. The van der Waals surface area contributed by atoms with Crippen LogP contribution in [-0.4, -0.2) is 49.9 Å². The van der Waals surface area contributed by atoms with Gasteiger partial charge < -0.3 is 9.80 Å². The van der Waals surface area contributed by atoms with Crippen molar-refractivity contribution in [2.45, 2.75) is 56.1 Å². The smallest absolute Gasteiger partial charge is 0.255 e. The minimum absolute atomic E-state index is 0.0304. The highest BCUT2D eigenvalue weighted by Crippen LogP contribution is 2.43. The molecule has 0 spiro atoms. The SMILES string of the molecule is CC(C)(C)NS(=O)(=O)c1cc(Cl)c(Cl)c(N2[C@@H]3CC[C@H]2CN(C(=O)c2ccc(F)cc2Cl)C3)c1. The summed E-state index contributed by atoms with van der Waals surface area (Å²) >= 11 is 19.0. The van der Waals surface area contributed by atoms with Gasteiger partial charge in [-0.2, -0.15) is 0 Å². The van der Waals surface area contributed by atoms with Crippen LogP contribution in [0.5, 0.6) is 0 Å². The molecule has 4 rings (SSSR count). The zero-order valence-corrected chi connectivity index (χ0v) is 22.0. The van der Waals surface area contributed by atoms with Crippen molar-refractivity contribution in [2.24, 2.45) is 0 Å². The summed E-state index contributed by atoms with van der Waals surface area (Å²) in [7, 11) is -3.83. The number of halogens is 4. The van der Waals surface area contributed by atoms with Crippen LogP contribution in [0.1, 0.15) is 44.0 Å². The van der Waals surface area contributed by atoms with Crippen LogP contribution in [0, 0.1) is 5.82 Å². The number of amides is 1. The predicted molar refractivity (Wildman–Crippen MR) is 133 cm³/mol. The van der Waals surface area contributed by atoms with Gasteiger partial charge in [0.15, 0.2) is 0 Å². The molecule has 34 heavy (non-hydrogen) atoms. The number of likely N-dealkylation sites (tertiary alicyclic amines) is 1. The van der Waals surface area contributed by atoms with Gasteiger partial charge in [-0.1, -0.05) is 34.8 Å². The standard InChI is InChI=1S/C23H25Cl3FN3O3S/c1-23(2,3)28-34(32,33)16-9-19(25)21(26)20(10-16)30-14-5-6-15(30)12-29(11-14)22(31)17-7-4-13(27)8-18(17)24/h4,7-10,14-15,28H,5-6,11-12H2,1-3H3/t14-,15+. The van der Waals surface area contributed by atoms with Crippen molar-refractivity contribution in [3.8, 4) is 0 Å². The molecule has 0 saturated carbocycles. The average molecular weight is 549 g/mol. The number of benzene rings is 2. The van der Waals surface area contributed by atoms with E-state index in [1.807, 2.05) is 0 Å². The van der Waals surface area contributed by atoms with Gasteiger partial charge in [-0.3, -0.25) is 4.79 Å². The first-order valence-electron chi connectivity index (χ1n) is 10.8. The topological polar surface area (TPSA) is 69.7 Å². The van der Waals surface area contributed by atoms with E-state index in [1.54, 1.807) is 31.7 Å². The van der Waals surface area contributed by atoms with Gasteiger partial charge in [0.25, 0.3) is 5.91 Å². The lowest BCUT2D eigenvalue weighted by molar-refractivity contribution is 0.0718. The Morgan fingerprint density at radius 2 is 1.65 bits per heavy atom. The van der Waals surface area contributed by atoms with Gasteiger partial charge in [0.2, 0.25) is 10.0 Å². The van der Waals surface area contributed by atoms with E-state index in [4.69, 9.17) is 34.8 Å². The highest BCUT2D eigenvalue weighted by atomic mass is 35.5. The van der Waals surface area contributed by atoms with E-state index in [0.717, 1.165) is 18.9 Å². The number of hydrogen-bond acceptors (Lipinski definition) is 4. The summed E-state index contributed by atoms with van der Waals surface area (Å²) in [5, 5.41) is 0.484. The van der Waals surface area contributed by atoms with Gasteiger partial charge in [0.1, 0.15) is 5.82 Å². The Bertz CT molecular complexity index is 1240. The number of nitrogens with zero attached hydrogens (tertiary/aromatic N) is 2. The van der Waals surface area contributed by atoms with Crippen LogP contribution >= 0.6 is 34.8 Å². The molecule has 1 amide bonds. The second-order valence-electron chi connectivity index (χ2n) is 9.72. The molecule has 6 nitrogen and oxygen atoms in total. The Morgan fingerprint density at radius 3 is 2.21 bits per heavy atom. The summed E-state index contributed by atoms with van der Waals surface area (Å²) in [5.41, 5.74) is 0.110. The van der Waals surface area contributed by atoms with Gasteiger partial charge in [-0.15, -0.1) is 0 Å². The van der Waals surface area contributed by atoms with Crippen molar-refractivity contribution in [1.82, 2.24) is 9.62 Å². The number of carbonyl (C=O) groups excluding carboxylic acids is 1. The third-order valence-corrected chi connectivity index (χ3v) is 8.78. The Morgan fingerprint density at radius 1 is 1.03 bits per heavy atom. The van der Waals surface area contributed by atoms with Crippen LogP contribution in [0.2, 0.25) is 15.1 Å². The summed E-state index contributed by atoms with van der Waals surface area (Å²) in [4.78, 5) is 16.9. The fourth-order valence-corrected chi connectivity index (χ4v) is 6.85. The van der Waals surface area contributed by atoms with Gasteiger partial charge in [-0.05, 0) is 63.9 Å². The molecule has 2 aliphatic rings. The lowest BCUT2D eigenvalue weighted by Crippen LogP contribution is -2.55. The Kier molecular flexibility index (Phi) is 6.85. The third kappa shape index (κ3) is 5.02. The summed E-state index contributed by atoms with van der Waals surface area (Å²) in [6.07, 6.45) is 1.60. The maximum absolute atomic E-state index is 13.4. The third-order valence-electron chi connectivity index (χ3n) is 5.94. The lowest BCUT2D eigenvalue weighted by Gasteiger charge is -2.43. The van der Waals surface area contributed by atoms with Gasteiger partial charge >= 0.3 is 0 Å². The first-order chi connectivity index (χ1) is 15.8. The van der Waals surface area contributed by atoms with Crippen molar-refractivity contribution < 1.29 is 17.6 Å². The van der Waals surface area contributed by atoms with Crippen LogP contribution in [0.4, 0.5) is 10.1 Å². The minimum atomic E-state index is -3.83. The number of carbonyl (C=O) groups is 1. The highest BCUT2D eigenvalue weighted by molar-refractivity contribution is 7.89. The van der Waals surface area contributed by atoms with E-state index in [1.165, 1.54) is 18.2 Å². The van der Waals surface area contributed by atoms with E-state index >= 15 is 0 Å². The molecule has 2 aromatic rings. The molecule has 2 fully saturated rings. The molecule has 0 aromatic heterocycles. The van der Waals surface area contributed by atoms with Crippen LogP contribution in [0.3, 0.4) is 0 Å². The molecule has 11 heteroatoms. The number of piperazine rings is 1. The zero-order valence-electron chi connectivity index (χ0n) is 18.9. The molecule has 0 radical (unpaired) electrons. The van der Waals surface area contributed by atoms with Crippen LogP contribution in [0.15, 0.2) is 35.2 Å². The van der Waals surface area contributed by atoms with Crippen molar-refractivity contribution in [2.75, 3.05) is 18.0 Å². The number of fused-ring (bicyclic) bond motifs is 2. The van der Waals surface area contributed by atoms with Crippen LogP contribution < -0.4 is 9.62 Å². The number of anilines is 1. The van der Waals surface area contributed by atoms with Crippen molar-refractivity contribution in [3.63, 3.8) is 0 Å². The number of nitrogens with one attached hydrogen (secondary N) is 1. The van der Waals surface area contributed by atoms with E-state index in [-0.39, 0.29) is 43.5 Å². The van der Waals surface area contributed by atoms with E-state index < -0.39 is 21.4 Å². The number of sulfonamides is 1. The van der Waals surface area contributed by atoms with Crippen molar-refractivity contribution in [1.29, 1.82) is 0 Å². The molecule has 2 atom stereocenters. The fraction of sp³-hybridized carbons (Fsp3) is 0.435. The normalized spacial score (nSPS) is 20.7. The average Bonchev–Trinajstić information content (AvgIpc) is 2.96. The summed E-state index contributed by atoms with van der Waals surface area (Å²) in [5.74, 6) is -0.773. The molecule has 1 N–H and O–H groups in total. The van der Waals surface area contributed by atoms with Gasteiger partial charge in [-0.25, -0.2) is 17.5 Å². The predicted octanol–water partition coefficient (Wildman–Crippen LogP) is 5.36. The summed E-state index contributed by atoms with van der Waals surface area (Å²) < 4.78 is 42.0. The molecular weight excluding hydrogens is 524 g/mol. The first kappa shape index (κ1) is 25.5. The van der Waals surface area contributed by atoms with Crippen LogP contribution in [0.25, 0.3) is 0 Å². The quantitative estimate of drug-likeness (QED) is 0.559. The highest BCUT2D eigenvalue weighted by Gasteiger charge is 2.43. The number of rotatable bonds is 4. The molecule has 2 bridgehead atoms. The van der Waals surface area contributed by atoms with E-state index in [9.17, 15) is 17.6 Å². The van der Waals surface area contributed by atoms with E-state index in [0.29, 0.717) is 18.8 Å². The Labute approximate surface area is 214 Å². The second kappa shape index (κ2) is 9.13. The van der Waals surface area contributed by atoms with E-state index in [2.05, 4.69) is 9.62 Å². The lowest BCUT2D eigenvalue weighted by atomic mass is 10.1. The van der Waals surface area contributed by atoms with Gasteiger partial charge in [0.05, 0.1) is 31.2 Å². The summed E-state index contributed by atoms with van der Waals surface area (Å²) in [6.45, 7) is 6.06. The molecule has 2 aliphatic heterocycles. The molecule has 184 valence electrons. The maximum atomic E-state index is 13.4. The molecular formula is C23H25Cl3FN3O3S. The summed E-state index contributed by atoms with van der Waals surface area (Å²) in [6, 6.07) is 6.46.